The van der Waals surface area contributed by atoms with Crippen LogP contribution in [-0.2, 0) is 14.3 Å². The molecule has 8 heteroatoms. The van der Waals surface area contributed by atoms with Crippen molar-refractivity contribution >= 4 is 18.0 Å². The molecule has 0 bridgehead atoms. The Hall–Kier alpha value is -1.83. The van der Waals surface area contributed by atoms with E-state index in [-0.39, 0.29) is 38.4 Å². The molecule has 1 heterocycles. The molecule has 0 aliphatic carbocycles. The molecule has 1 aliphatic rings. The zero-order valence-corrected chi connectivity index (χ0v) is 11.6. The molecule has 114 valence electrons. The summed E-state index contributed by atoms with van der Waals surface area (Å²) in [4.78, 5) is 37.4. The third-order valence-corrected chi connectivity index (χ3v) is 3.38. The lowest BCUT2D eigenvalue weighted by Gasteiger charge is -2.31. The van der Waals surface area contributed by atoms with Crippen LogP contribution in [-0.4, -0.2) is 76.9 Å². The Morgan fingerprint density at radius 2 is 2.15 bits per heavy atom. The largest absolute Gasteiger partial charge is 0.467 e. The number of nitrogens with zero attached hydrogens (tertiary/aromatic N) is 2. The number of aliphatic hydroxyl groups is 1. The number of carboxylic acid groups (broad SMARTS) is 1. The van der Waals surface area contributed by atoms with Gasteiger partial charge in [-0.25, -0.2) is 9.59 Å². The molecule has 0 spiro atoms. The molecule has 2 atom stereocenters. The van der Waals surface area contributed by atoms with E-state index in [1.165, 1.54) is 16.9 Å². The van der Waals surface area contributed by atoms with Gasteiger partial charge in [-0.05, 0) is 6.92 Å². The van der Waals surface area contributed by atoms with Gasteiger partial charge in [0.15, 0.2) is 0 Å². The van der Waals surface area contributed by atoms with Crippen LogP contribution in [0.4, 0.5) is 4.79 Å². The Labute approximate surface area is 116 Å². The van der Waals surface area contributed by atoms with Crippen molar-refractivity contribution in [3.63, 3.8) is 0 Å². The van der Waals surface area contributed by atoms with Crippen molar-refractivity contribution < 1.29 is 29.3 Å². The number of hydrogen-bond acceptors (Lipinski definition) is 5. The topological polar surface area (TPSA) is 107 Å². The van der Waals surface area contributed by atoms with Crippen LogP contribution in [0.2, 0.25) is 0 Å². The van der Waals surface area contributed by atoms with Crippen LogP contribution in [0, 0.1) is 0 Å². The van der Waals surface area contributed by atoms with Gasteiger partial charge in [0.1, 0.15) is 6.04 Å². The molecule has 2 N–H and O–H groups in total. The van der Waals surface area contributed by atoms with Crippen molar-refractivity contribution in [1.29, 1.82) is 0 Å². The lowest BCUT2D eigenvalue weighted by molar-refractivity contribution is -0.153. The zero-order valence-electron chi connectivity index (χ0n) is 11.6. The van der Waals surface area contributed by atoms with E-state index in [9.17, 15) is 14.4 Å². The van der Waals surface area contributed by atoms with Gasteiger partial charge < -0.3 is 24.7 Å². The van der Waals surface area contributed by atoms with Crippen molar-refractivity contribution in [1.82, 2.24) is 9.80 Å². The van der Waals surface area contributed by atoms with Crippen LogP contribution in [0.3, 0.4) is 0 Å². The summed E-state index contributed by atoms with van der Waals surface area (Å²) >= 11 is 0. The Balaban J connectivity index is 2.93. The Bertz CT molecular complexity index is 386. The molecule has 0 saturated carbocycles. The predicted molar refractivity (Wildman–Crippen MR) is 68.0 cm³/mol. The minimum Gasteiger partial charge on any atom is -0.467 e. The maximum Gasteiger partial charge on any atom is 0.407 e. The van der Waals surface area contributed by atoms with E-state index in [0.29, 0.717) is 0 Å². The van der Waals surface area contributed by atoms with Crippen LogP contribution >= 0.6 is 0 Å². The number of esters is 1. The second-order valence-electron chi connectivity index (χ2n) is 4.67. The van der Waals surface area contributed by atoms with Gasteiger partial charge >= 0.3 is 12.1 Å². The zero-order chi connectivity index (χ0) is 15.3. The van der Waals surface area contributed by atoms with Gasteiger partial charge in [-0.3, -0.25) is 4.79 Å². The summed E-state index contributed by atoms with van der Waals surface area (Å²) < 4.78 is 4.64. The third-order valence-electron chi connectivity index (χ3n) is 3.38. The molecule has 1 rings (SSSR count). The van der Waals surface area contributed by atoms with Gasteiger partial charge in [0, 0.05) is 38.6 Å². The molecular weight excluding hydrogens is 268 g/mol. The molecular formula is C12H20N2O6. The fourth-order valence-electron chi connectivity index (χ4n) is 2.31. The van der Waals surface area contributed by atoms with Crippen molar-refractivity contribution in [3.05, 3.63) is 0 Å². The molecule has 0 aromatic carbocycles. The smallest absolute Gasteiger partial charge is 0.407 e. The fraction of sp³-hybridized carbons (Fsp3) is 0.750. The Kier molecular flexibility index (Phi) is 5.75. The summed E-state index contributed by atoms with van der Waals surface area (Å²) in [6.45, 7) is 1.61. The lowest BCUT2D eigenvalue weighted by atomic mass is 10.1. The first-order valence-electron chi connectivity index (χ1n) is 6.40. The second-order valence-corrected chi connectivity index (χ2v) is 4.67. The Morgan fingerprint density at radius 1 is 1.50 bits per heavy atom. The van der Waals surface area contributed by atoms with E-state index >= 15 is 0 Å². The monoisotopic (exact) mass is 288 g/mol. The summed E-state index contributed by atoms with van der Waals surface area (Å²) in [6, 6.07) is -1.31. The average Bonchev–Trinajstić information content (AvgIpc) is 2.54. The van der Waals surface area contributed by atoms with Crippen LogP contribution < -0.4 is 0 Å². The van der Waals surface area contributed by atoms with Crippen molar-refractivity contribution in [2.24, 2.45) is 0 Å². The quantitative estimate of drug-likeness (QED) is 0.676. The van der Waals surface area contributed by atoms with E-state index in [0.717, 1.165) is 0 Å². The standard InChI is InChI=1S/C12H20N2O6/c1-8-7-14(9(4-6-15)11(17)20-2)10(16)3-5-13(8)12(18)19/h8-9,15H,3-7H2,1-2H3,(H,18,19)/t8-,9+/m1/s1. The number of ether oxygens (including phenoxy) is 1. The number of hydrogen-bond donors (Lipinski definition) is 2. The third kappa shape index (κ3) is 3.60. The van der Waals surface area contributed by atoms with E-state index in [1.54, 1.807) is 6.92 Å². The maximum absolute atomic E-state index is 12.1. The normalized spacial score (nSPS) is 21.4. The van der Waals surface area contributed by atoms with E-state index in [2.05, 4.69) is 4.74 Å². The predicted octanol–water partition coefficient (Wildman–Crippen LogP) is -0.489. The molecule has 0 aromatic rings. The fourth-order valence-corrected chi connectivity index (χ4v) is 2.31. The number of amides is 2. The van der Waals surface area contributed by atoms with Crippen LogP contribution in [0.5, 0.6) is 0 Å². The molecule has 2 amide bonds. The molecule has 0 aromatic heterocycles. The highest BCUT2D eigenvalue weighted by molar-refractivity contribution is 5.85. The SMILES string of the molecule is COC(=O)[C@H](CCO)N1C[C@@H](C)N(C(=O)O)CCC1=O. The highest BCUT2D eigenvalue weighted by atomic mass is 16.5. The summed E-state index contributed by atoms with van der Waals surface area (Å²) in [6.07, 6.45) is -1.02. The highest BCUT2D eigenvalue weighted by Gasteiger charge is 2.36. The van der Waals surface area contributed by atoms with Gasteiger partial charge in [0.05, 0.1) is 7.11 Å². The first kappa shape index (κ1) is 16.2. The van der Waals surface area contributed by atoms with Gasteiger partial charge in [-0.15, -0.1) is 0 Å². The molecule has 8 nitrogen and oxygen atoms in total. The van der Waals surface area contributed by atoms with Crippen molar-refractivity contribution in [2.45, 2.75) is 31.8 Å². The van der Waals surface area contributed by atoms with Gasteiger partial charge in [0.25, 0.3) is 0 Å². The first-order chi connectivity index (χ1) is 9.42. The second kappa shape index (κ2) is 7.09. The molecule has 1 aliphatic heterocycles. The number of methoxy groups -OCH3 is 1. The minimum absolute atomic E-state index is 0.00949. The number of rotatable bonds is 4. The average molecular weight is 288 g/mol. The Morgan fingerprint density at radius 3 is 2.65 bits per heavy atom. The van der Waals surface area contributed by atoms with E-state index < -0.39 is 24.1 Å². The maximum atomic E-state index is 12.1. The number of carbonyl (C=O) groups excluding carboxylic acids is 2. The van der Waals surface area contributed by atoms with Gasteiger partial charge in [-0.1, -0.05) is 0 Å². The van der Waals surface area contributed by atoms with Crippen LogP contribution in [0.15, 0.2) is 0 Å². The summed E-state index contributed by atoms with van der Waals surface area (Å²) in [7, 11) is 1.21. The minimum atomic E-state index is -1.09. The number of aliphatic hydroxyl groups excluding tert-OH is 1. The van der Waals surface area contributed by atoms with Crippen molar-refractivity contribution in [3.8, 4) is 0 Å². The summed E-state index contributed by atoms with van der Waals surface area (Å²) in [5.74, 6) is -0.923. The molecule has 0 radical (unpaired) electrons. The van der Waals surface area contributed by atoms with Crippen LogP contribution in [0.1, 0.15) is 19.8 Å². The summed E-state index contributed by atoms with van der Waals surface area (Å²) in [5.41, 5.74) is 0. The molecule has 1 fully saturated rings. The first-order valence-corrected chi connectivity index (χ1v) is 6.40. The number of carbonyl (C=O) groups is 3. The summed E-state index contributed by atoms with van der Waals surface area (Å²) in [5, 5.41) is 18.1. The highest BCUT2D eigenvalue weighted by Crippen LogP contribution is 2.16. The van der Waals surface area contributed by atoms with Crippen molar-refractivity contribution in [2.75, 3.05) is 26.8 Å². The van der Waals surface area contributed by atoms with E-state index in [1.807, 2.05) is 0 Å². The molecule has 1 saturated heterocycles. The van der Waals surface area contributed by atoms with Crippen LogP contribution in [0.25, 0.3) is 0 Å². The molecule has 0 unspecified atom stereocenters. The van der Waals surface area contributed by atoms with E-state index in [4.69, 9.17) is 10.2 Å². The molecule has 20 heavy (non-hydrogen) atoms. The lowest BCUT2D eigenvalue weighted by Crippen LogP contribution is -2.49. The van der Waals surface area contributed by atoms with Gasteiger partial charge in [0.2, 0.25) is 5.91 Å². The van der Waals surface area contributed by atoms with Gasteiger partial charge in [-0.2, -0.15) is 0 Å².